The summed E-state index contributed by atoms with van der Waals surface area (Å²) in [7, 11) is 1.64. The molecule has 4 aromatic rings. The number of furan rings is 1. The third-order valence-corrected chi connectivity index (χ3v) is 6.50. The Morgan fingerprint density at radius 2 is 2.03 bits per heavy atom. The van der Waals surface area contributed by atoms with E-state index < -0.39 is 0 Å². The zero-order valence-corrected chi connectivity index (χ0v) is 21.4. The number of aromatic nitrogens is 3. The Balaban J connectivity index is 1.45. The standard InChI is InChI=1S/C27H28N6O3S/c1-35-23-8-2-6-21(16-23)17-25-30-27(37-31-25)33(20-24-9-4-15-36-24)14-10-26(34)32(13-5-11-28)19-22-7-3-12-29-18-22/h2-4,6-9,12,15-16,18H,5,10,13-14,17,19-20H2,1H3. The second-order valence-electron chi connectivity index (χ2n) is 8.36. The predicted octanol–water partition coefficient (Wildman–Crippen LogP) is 4.46. The molecule has 0 saturated carbocycles. The van der Waals surface area contributed by atoms with Crippen molar-refractivity contribution in [1.82, 2.24) is 19.2 Å². The maximum absolute atomic E-state index is 13.2. The number of ether oxygens (including phenoxy) is 1. The summed E-state index contributed by atoms with van der Waals surface area (Å²) in [6.07, 6.45) is 6.17. The minimum atomic E-state index is -0.0373. The first-order valence-corrected chi connectivity index (χ1v) is 12.7. The van der Waals surface area contributed by atoms with Gasteiger partial charge < -0.3 is 19.0 Å². The van der Waals surface area contributed by atoms with Crippen molar-refractivity contribution in [2.75, 3.05) is 25.1 Å². The van der Waals surface area contributed by atoms with Gasteiger partial charge in [-0.1, -0.05) is 18.2 Å². The maximum Gasteiger partial charge on any atom is 0.224 e. The fourth-order valence-electron chi connectivity index (χ4n) is 3.82. The van der Waals surface area contributed by atoms with Gasteiger partial charge in [0, 0.05) is 56.4 Å². The molecule has 0 aliphatic rings. The Kier molecular flexibility index (Phi) is 9.21. The van der Waals surface area contributed by atoms with Gasteiger partial charge in [-0.2, -0.15) is 9.64 Å². The molecule has 9 nitrogen and oxygen atoms in total. The monoisotopic (exact) mass is 516 g/mol. The van der Waals surface area contributed by atoms with Gasteiger partial charge in [-0.25, -0.2) is 4.98 Å². The molecular formula is C27H28N6O3S. The van der Waals surface area contributed by atoms with Crippen LogP contribution in [0.2, 0.25) is 0 Å². The van der Waals surface area contributed by atoms with E-state index in [1.54, 1.807) is 30.7 Å². The second kappa shape index (κ2) is 13.2. The fraction of sp³-hybridized carbons (Fsp3) is 0.296. The first kappa shape index (κ1) is 25.9. The van der Waals surface area contributed by atoms with Gasteiger partial charge in [0.2, 0.25) is 11.0 Å². The maximum atomic E-state index is 13.2. The fourth-order valence-corrected chi connectivity index (χ4v) is 4.53. The van der Waals surface area contributed by atoms with Gasteiger partial charge in [0.15, 0.2) is 0 Å². The molecule has 3 aromatic heterocycles. The molecule has 37 heavy (non-hydrogen) atoms. The summed E-state index contributed by atoms with van der Waals surface area (Å²) < 4.78 is 15.4. The van der Waals surface area contributed by atoms with E-state index in [0.717, 1.165) is 27.8 Å². The van der Waals surface area contributed by atoms with Crippen molar-refractivity contribution in [3.05, 3.63) is 89.9 Å². The van der Waals surface area contributed by atoms with E-state index >= 15 is 0 Å². The summed E-state index contributed by atoms with van der Waals surface area (Å²) in [6, 6.07) is 17.5. The van der Waals surface area contributed by atoms with Gasteiger partial charge in [-0.3, -0.25) is 9.78 Å². The molecule has 1 amide bonds. The third-order valence-electron chi connectivity index (χ3n) is 5.69. The van der Waals surface area contributed by atoms with Gasteiger partial charge in [0.1, 0.15) is 17.3 Å². The molecule has 0 spiro atoms. The Hall–Kier alpha value is -4.23. The van der Waals surface area contributed by atoms with Crippen molar-refractivity contribution in [1.29, 1.82) is 5.26 Å². The van der Waals surface area contributed by atoms with E-state index in [9.17, 15) is 4.79 Å². The lowest BCUT2D eigenvalue weighted by Gasteiger charge is -2.24. The van der Waals surface area contributed by atoms with E-state index in [2.05, 4.69) is 15.4 Å². The Morgan fingerprint density at radius 1 is 1.14 bits per heavy atom. The molecule has 0 atom stereocenters. The molecule has 4 rings (SSSR count). The number of hydrogen-bond acceptors (Lipinski definition) is 9. The lowest BCUT2D eigenvalue weighted by Crippen LogP contribution is -2.35. The van der Waals surface area contributed by atoms with Crippen LogP contribution >= 0.6 is 11.5 Å². The first-order valence-electron chi connectivity index (χ1n) is 11.9. The number of amides is 1. The molecule has 10 heteroatoms. The quantitative estimate of drug-likeness (QED) is 0.256. The van der Waals surface area contributed by atoms with Crippen LogP contribution in [0.25, 0.3) is 0 Å². The zero-order chi connectivity index (χ0) is 25.9. The van der Waals surface area contributed by atoms with Crippen molar-refractivity contribution < 1.29 is 13.9 Å². The Labute approximate surface area is 220 Å². The number of nitriles is 1. The number of pyridine rings is 1. The number of rotatable bonds is 13. The molecule has 190 valence electrons. The summed E-state index contributed by atoms with van der Waals surface area (Å²) in [5.74, 6) is 2.23. The van der Waals surface area contributed by atoms with Crippen LogP contribution in [0.1, 0.15) is 35.6 Å². The molecule has 0 bridgehead atoms. The number of methoxy groups -OCH3 is 1. The van der Waals surface area contributed by atoms with Crippen LogP contribution in [-0.4, -0.2) is 45.3 Å². The number of carbonyl (C=O) groups is 1. The van der Waals surface area contributed by atoms with Gasteiger partial charge in [-0.15, -0.1) is 0 Å². The highest BCUT2D eigenvalue weighted by atomic mass is 32.1. The highest BCUT2D eigenvalue weighted by Gasteiger charge is 2.19. The third kappa shape index (κ3) is 7.62. The van der Waals surface area contributed by atoms with E-state index in [-0.39, 0.29) is 18.7 Å². The Bertz CT molecular complexity index is 1300. The molecule has 0 saturated heterocycles. The molecular weight excluding hydrogens is 488 g/mol. The molecule has 0 fully saturated rings. The lowest BCUT2D eigenvalue weighted by molar-refractivity contribution is -0.131. The topological polar surface area (TPSA) is 108 Å². The average molecular weight is 517 g/mol. The van der Waals surface area contributed by atoms with Crippen LogP contribution in [-0.2, 0) is 24.3 Å². The normalized spacial score (nSPS) is 10.6. The molecule has 0 N–H and O–H groups in total. The smallest absolute Gasteiger partial charge is 0.224 e. The van der Waals surface area contributed by atoms with Gasteiger partial charge in [0.05, 0.1) is 32.4 Å². The molecule has 0 unspecified atom stereocenters. The number of hydrogen-bond donors (Lipinski definition) is 0. The van der Waals surface area contributed by atoms with Crippen LogP contribution in [0.3, 0.4) is 0 Å². The molecule has 0 aliphatic heterocycles. The summed E-state index contributed by atoms with van der Waals surface area (Å²) in [5.41, 5.74) is 1.98. The number of anilines is 1. The number of carbonyl (C=O) groups excluding carboxylic acids is 1. The summed E-state index contributed by atoms with van der Waals surface area (Å²) in [6.45, 7) is 1.68. The average Bonchev–Trinajstić information content (AvgIpc) is 3.62. The first-order chi connectivity index (χ1) is 18.1. The van der Waals surface area contributed by atoms with E-state index in [1.807, 2.05) is 53.4 Å². The van der Waals surface area contributed by atoms with E-state index in [4.69, 9.17) is 19.4 Å². The van der Waals surface area contributed by atoms with Crippen molar-refractivity contribution >= 4 is 22.6 Å². The largest absolute Gasteiger partial charge is 0.497 e. The van der Waals surface area contributed by atoms with Crippen molar-refractivity contribution in [2.45, 2.75) is 32.4 Å². The van der Waals surface area contributed by atoms with Gasteiger partial charge >= 0.3 is 0 Å². The summed E-state index contributed by atoms with van der Waals surface area (Å²) >= 11 is 1.30. The van der Waals surface area contributed by atoms with Crippen LogP contribution in [0, 0.1) is 11.3 Å². The lowest BCUT2D eigenvalue weighted by atomic mass is 10.1. The van der Waals surface area contributed by atoms with E-state index in [0.29, 0.717) is 38.4 Å². The Morgan fingerprint density at radius 3 is 2.78 bits per heavy atom. The van der Waals surface area contributed by atoms with Crippen molar-refractivity contribution in [2.24, 2.45) is 0 Å². The zero-order valence-electron chi connectivity index (χ0n) is 20.6. The van der Waals surface area contributed by atoms with Gasteiger partial charge in [-0.05, 0) is 41.5 Å². The molecule has 1 aromatic carbocycles. The number of nitrogens with zero attached hydrogens (tertiary/aromatic N) is 6. The minimum absolute atomic E-state index is 0.0373. The van der Waals surface area contributed by atoms with Crippen LogP contribution < -0.4 is 9.64 Å². The number of benzene rings is 1. The van der Waals surface area contributed by atoms with Gasteiger partial charge in [0.25, 0.3) is 0 Å². The van der Waals surface area contributed by atoms with E-state index in [1.165, 1.54) is 11.5 Å². The van der Waals surface area contributed by atoms with Crippen LogP contribution in [0.5, 0.6) is 5.75 Å². The van der Waals surface area contributed by atoms with Crippen molar-refractivity contribution in [3.63, 3.8) is 0 Å². The summed E-state index contributed by atoms with van der Waals surface area (Å²) in [4.78, 5) is 25.8. The highest BCUT2D eigenvalue weighted by Crippen LogP contribution is 2.23. The second-order valence-corrected chi connectivity index (χ2v) is 9.09. The highest BCUT2D eigenvalue weighted by molar-refractivity contribution is 7.09. The molecule has 0 radical (unpaired) electrons. The predicted molar refractivity (Wildman–Crippen MR) is 140 cm³/mol. The van der Waals surface area contributed by atoms with Crippen molar-refractivity contribution in [3.8, 4) is 11.8 Å². The minimum Gasteiger partial charge on any atom is -0.497 e. The SMILES string of the molecule is COc1cccc(Cc2nsc(N(CCC(=O)N(CCC#N)Cc3cccnc3)Cc3ccco3)n2)c1. The van der Waals surface area contributed by atoms with Crippen LogP contribution in [0.15, 0.2) is 71.6 Å². The molecule has 3 heterocycles. The van der Waals surface area contributed by atoms with Crippen LogP contribution in [0.4, 0.5) is 5.13 Å². The molecule has 0 aliphatic carbocycles. The summed E-state index contributed by atoms with van der Waals surface area (Å²) in [5, 5.41) is 9.79.